The molecule has 1 aliphatic rings. The van der Waals surface area contributed by atoms with Gasteiger partial charge in [-0.25, -0.2) is 0 Å². The highest BCUT2D eigenvalue weighted by atomic mass is 16.5. The van der Waals surface area contributed by atoms with Gasteiger partial charge in [-0.2, -0.15) is 0 Å². The summed E-state index contributed by atoms with van der Waals surface area (Å²) in [5, 5.41) is 0. The molecule has 0 aliphatic heterocycles. The maximum absolute atomic E-state index is 5.30. The van der Waals surface area contributed by atoms with Crippen molar-refractivity contribution in [2.45, 2.75) is 32.6 Å². The third-order valence-corrected chi connectivity index (χ3v) is 1.88. The minimum atomic E-state index is 0.845. The quantitative estimate of drug-likeness (QED) is 0.547. The van der Waals surface area contributed by atoms with E-state index in [1.807, 2.05) is 6.92 Å². The highest BCUT2D eigenvalue weighted by Gasteiger charge is 2.01. The van der Waals surface area contributed by atoms with E-state index >= 15 is 0 Å². The average Bonchev–Trinajstić information content (AvgIpc) is 2.03. The SMILES string of the molecule is CCOCC1=CCCCC1. The normalized spacial score (nSPS) is 18.7. The first-order chi connectivity index (χ1) is 4.93. The van der Waals surface area contributed by atoms with Crippen molar-refractivity contribution in [2.75, 3.05) is 13.2 Å². The van der Waals surface area contributed by atoms with Crippen molar-refractivity contribution in [3.8, 4) is 0 Å². The van der Waals surface area contributed by atoms with Crippen molar-refractivity contribution in [3.05, 3.63) is 11.6 Å². The van der Waals surface area contributed by atoms with Crippen molar-refractivity contribution in [1.82, 2.24) is 0 Å². The molecule has 0 N–H and O–H groups in total. The van der Waals surface area contributed by atoms with E-state index < -0.39 is 0 Å². The summed E-state index contributed by atoms with van der Waals surface area (Å²) in [6.45, 7) is 3.76. The van der Waals surface area contributed by atoms with Crippen LogP contribution >= 0.6 is 0 Å². The van der Waals surface area contributed by atoms with Gasteiger partial charge >= 0.3 is 0 Å². The molecular formula is C9H16O. The molecule has 0 spiro atoms. The Balaban J connectivity index is 2.18. The fraction of sp³-hybridized carbons (Fsp3) is 0.778. The summed E-state index contributed by atoms with van der Waals surface area (Å²) in [5.41, 5.74) is 1.51. The molecule has 0 bridgehead atoms. The molecule has 1 rings (SSSR count). The Morgan fingerprint density at radius 3 is 3.00 bits per heavy atom. The molecule has 0 heterocycles. The molecule has 0 saturated carbocycles. The third-order valence-electron chi connectivity index (χ3n) is 1.88. The summed E-state index contributed by atoms with van der Waals surface area (Å²) < 4.78 is 5.30. The van der Waals surface area contributed by atoms with Gasteiger partial charge in [0.2, 0.25) is 0 Å². The van der Waals surface area contributed by atoms with E-state index in [0.29, 0.717) is 0 Å². The Hall–Kier alpha value is -0.300. The molecule has 1 nitrogen and oxygen atoms in total. The van der Waals surface area contributed by atoms with Gasteiger partial charge in [0.05, 0.1) is 6.61 Å². The van der Waals surface area contributed by atoms with E-state index in [-0.39, 0.29) is 0 Å². The van der Waals surface area contributed by atoms with Crippen LogP contribution in [-0.4, -0.2) is 13.2 Å². The predicted molar refractivity (Wildman–Crippen MR) is 43.0 cm³/mol. The van der Waals surface area contributed by atoms with Crippen molar-refractivity contribution in [1.29, 1.82) is 0 Å². The zero-order valence-corrected chi connectivity index (χ0v) is 6.73. The van der Waals surface area contributed by atoms with Gasteiger partial charge in [-0.3, -0.25) is 0 Å². The molecule has 10 heavy (non-hydrogen) atoms. The highest BCUT2D eigenvalue weighted by molar-refractivity contribution is 5.04. The molecule has 0 unspecified atom stereocenters. The molecule has 0 aromatic carbocycles. The largest absolute Gasteiger partial charge is 0.377 e. The van der Waals surface area contributed by atoms with E-state index in [1.54, 1.807) is 0 Å². The van der Waals surface area contributed by atoms with Crippen LogP contribution in [0, 0.1) is 0 Å². The highest BCUT2D eigenvalue weighted by Crippen LogP contribution is 2.16. The van der Waals surface area contributed by atoms with Gasteiger partial charge in [-0.1, -0.05) is 6.08 Å². The lowest BCUT2D eigenvalue weighted by molar-refractivity contribution is 0.167. The first-order valence-electron chi connectivity index (χ1n) is 4.19. The molecule has 0 aromatic rings. The van der Waals surface area contributed by atoms with Crippen LogP contribution in [-0.2, 0) is 4.74 Å². The van der Waals surface area contributed by atoms with Crippen molar-refractivity contribution in [3.63, 3.8) is 0 Å². The van der Waals surface area contributed by atoms with Crippen LogP contribution in [0.1, 0.15) is 32.6 Å². The lowest BCUT2D eigenvalue weighted by Gasteiger charge is -2.11. The van der Waals surface area contributed by atoms with E-state index in [1.165, 1.54) is 31.3 Å². The monoisotopic (exact) mass is 140 g/mol. The van der Waals surface area contributed by atoms with Gasteiger partial charge in [0.1, 0.15) is 0 Å². The fourth-order valence-corrected chi connectivity index (χ4v) is 1.27. The lowest BCUT2D eigenvalue weighted by Crippen LogP contribution is -2.00. The summed E-state index contributed by atoms with van der Waals surface area (Å²) in [6, 6.07) is 0. The van der Waals surface area contributed by atoms with Crippen LogP contribution in [0.25, 0.3) is 0 Å². The van der Waals surface area contributed by atoms with E-state index in [4.69, 9.17) is 4.74 Å². The van der Waals surface area contributed by atoms with Gasteiger partial charge in [-0.15, -0.1) is 0 Å². The van der Waals surface area contributed by atoms with Gasteiger partial charge < -0.3 is 4.74 Å². The zero-order valence-electron chi connectivity index (χ0n) is 6.73. The van der Waals surface area contributed by atoms with Crippen molar-refractivity contribution < 1.29 is 4.74 Å². The first-order valence-corrected chi connectivity index (χ1v) is 4.19. The molecule has 0 saturated heterocycles. The minimum absolute atomic E-state index is 0.845. The van der Waals surface area contributed by atoms with Crippen LogP contribution in [0.15, 0.2) is 11.6 Å². The zero-order chi connectivity index (χ0) is 7.23. The van der Waals surface area contributed by atoms with Crippen LogP contribution < -0.4 is 0 Å². The molecule has 1 aliphatic carbocycles. The first kappa shape index (κ1) is 7.80. The Kier molecular flexibility index (Phi) is 3.52. The van der Waals surface area contributed by atoms with Gasteiger partial charge in [0.25, 0.3) is 0 Å². The summed E-state index contributed by atoms with van der Waals surface area (Å²) >= 11 is 0. The third kappa shape index (κ3) is 2.53. The van der Waals surface area contributed by atoms with Gasteiger partial charge in [0.15, 0.2) is 0 Å². The molecule has 0 atom stereocenters. The maximum Gasteiger partial charge on any atom is 0.0676 e. The predicted octanol–water partition coefficient (Wildman–Crippen LogP) is 2.52. The number of hydrogen-bond donors (Lipinski definition) is 0. The second-order valence-corrected chi connectivity index (χ2v) is 2.75. The van der Waals surface area contributed by atoms with Crippen molar-refractivity contribution in [2.24, 2.45) is 0 Å². The molecule has 0 aromatic heterocycles. The van der Waals surface area contributed by atoms with E-state index in [0.717, 1.165) is 13.2 Å². The number of hydrogen-bond acceptors (Lipinski definition) is 1. The van der Waals surface area contributed by atoms with Crippen LogP contribution in [0.5, 0.6) is 0 Å². The molecular weight excluding hydrogens is 124 g/mol. The second-order valence-electron chi connectivity index (χ2n) is 2.75. The van der Waals surface area contributed by atoms with Crippen LogP contribution in [0.4, 0.5) is 0 Å². The smallest absolute Gasteiger partial charge is 0.0676 e. The summed E-state index contributed by atoms with van der Waals surface area (Å²) in [5.74, 6) is 0. The molecule has 0 radical (unpaired) electrons. The standard InChI is InChI=1S/C9H16O/c1-2-10-8-9-6-4-3-5-7-9/h6H,2-5,7-8H2,1H3. The van der Waals surface area contributed by atoms with Gasteiger partial charge in [-0.05, 0) is 38.2 Å². The van der Waals surface area contributed by atoms with Crippen LogP contribution in [0.2, 0.25) is 0 Å². The fourth-order valence-electron chi connectivity index (χ4n) is 1.27. The molecule has 1 heteroatoms. The Bertz CT molecular complexity index is 116. The van der Waals surface area contributed by atoms with Crippen LogP contribution in [0.3, 0.4) is 0 Å². The Morgan fingerprint density at radius 1 is 1.50 bits per heavy atom. The second kappa shape index (κ2) is 4.51. The van der Waals surface area contributed by atoms with E-state index in [9.17, 15) is 0 Å². The lowest BCUT2D eigenvalue weighted by atomic mass is 10.0. The Labute approximate surface area is 63.1 Å². The molecule has 0 amide bonds. The maximum atomic E-state index is 5.30. The van der Waals surface area contributed by atoms with E-state index in [2.05, 4.69) is 6.08 Å². The average molecular weight is 140 g/mol. The van der Waals surface area contributed by atoms with Crippen molar-refractivity contribution >= 4 is 0 Å². The summed E-state index contributed by atoms with van der Waals surface area (Å²) in [6.07, 6.45) is 7.59. The molecule has 58 valence electrons. The number of ether oxygens (including phenoxy) is 1. The summed E-state index contributed by atoms with van der Waals surface area (Å²) in [7, 11) is 0. The number of allylic oxidation sites excluding steroid dienone is 1. The number of rotatable bonds is 3. The van der Waals surface area contributed by atoms with Gasteiger partial charge in [0, 0.05) is 6.61 Å². The summed E-state index contributed by atoms with van der Waals surface area (Å²) in [4.78, 5) is 0. The molecule has 0 fully saturated rings. The Morgan fingerprint density at radius 2 is 2.40 bits per heavy atom. The topological polar surface area (TPSA) is 9.23 Å². The minimum Gasteiger partial charge on any atom is -0.377 e.